The zero-order valence-electron chi connectivity index (χ0n) is 11.4. The van der Waals surface area contributed by atoms with Gasteiger partial charge in [0.15, 0.2) is 0 Å². The van der Waals surface area contributed by atoms with E-state index >= 15 is 0 Å². The van der Waals surface area contributed by atoms with Crippen LogP contribution >= 0.6 is 0 Å². The smallest absolute Gasteiger partial charge is 0.254 e. The van der Waals surface area contributed by atoms with E-state index in [1.54, 1.807) is 17.0 Å². The van der Waals surface area contributed by atoms with E-state index in [4.69, 9.17) is 5.73 Å². The summed E-state index contributed by atoms with van der Waals surface area (Å²) < 4.78 is 0. The van der Waals surface area contributed by atoms with Crippen LogP contribution in [0.5, 0.6) is 0 Å². The molecule has 0 unspecified atom stereocenters. The second kappa shape index (κ2) is 6.22. The number of carbonyl (C=O) groups excluding carboxylic acids is 2. The Morgan fingerprint density at radius 3 is 3.00 bits per heavy atom. The second-order valence-corrected chi connectivity index (χ2v) is 4.56. The van der Waals surface area contributed by atoms with E-state index in [0.29, 0.717) is 18.7 Å². The summed E-state index contributed by atoms with van der Waals surface area (Å²) in [5.41, 5.74) is 7.57. The number of rotatable bonds is 1. The Morgan fingerprint density at radius 2 is 2.30 bits per heavy atom. The van der Waals surface area contributed by atoms with Gasteiger partial charge in [0.2, 0.25) is 5.91 Å². The van der Waals surface area contributed by atoms with Crippen LogP contribution in [0.25, 0.3) is 0 Å². The van der Waals surface area contributed by atoms with Crippen LogP contribution in [0.3, 0.4) is 0 Å². The normalized spacial score (nSPS) is 14.3. The average molecular weight is 271 g/mol. The highest BCUT2D eigenvalue weighted by Crippen LogP contribution is 2.15. The van der Waals surface area contributed by atoms with Crippen LogP contribution in [-0.4, -0.2) is 42.9 Å². The van der Waals surface area contributed by atoms with Crippen LogP contribution in [0, 0.1) is 18.8 Å². The van der Waals surface area contributed by atoms with Crippen molar-refractivity contribution in [3.63, 3.8) is 0 Å². The van der Waals surface area contributed by atoms with Crippen molar-refractivity contribution in [3.8, 4) is 11.8 Å². The largest absolute Gasteiger partial charge is 0.353 e. The highest BCUT2D eigenvalue weighted by atomic mass is 16.2. The summed E-state index contributed by atoms with van der Waals surface area (Å²) in [4.78, 5) is 25.4. The van der Waals surface area contributed by atoms with Crippen LogP contribution in [0.2, 0.25) is 0 Å². The van der Waals surface area contributed by atoms with Gasteiger partial charge in [0.05, 0.1) is 13.1 Å². The van der Waals surface area contributed by atoms with E-state index < -0.39 is 0 Å². The van der Waals surface area contributed by atoms with E-state index in [1.807, 2.05) is 13.0 Å². The maximum absolute atomic E-state index is 12.5. The molecule has 5 heteroatoms. The molecule has 0 spiro atoms. The lowest BCUT2D eigenvalue weighted by Gasteiger charge is -2.27. The third kappa shape index (κ3) is 2.98. The van der Waals surface area contributed by atoms with Gasteiger partial charge in [-0.1, -0.05) is 17.9 Å². The van der Waals surface area contributed by atoms with Gasteiger partial charge in [-0.2, -0.15) is 0 Å². The molecule has 1 aliphatic heterocycles. The Bertz CT molecular complexity index is 599. The van der Waals surface area contributed by atoms with Gasteiger partial charge >= 0.3 is 0 Å². The van der Waals surface area contributed by atoms with Gasteiger partial charge in [-0.25, -0.2) is 0 Å². The van der Waals surface area contributed by atoms with Crippen LogP contribution in [-0.2, 0) is 4.79 Å². The maximum atomic E-state index is 12.5. The molecular weight excluding hydrogens is 254 g/mol. The molecule has 1 heterocycles. The van der Waals surface area contributed by atoms with Crippen LogP contribution in [0.15, 0.2) is 18.2 Å². The first-order valence-corrected chi connectivity index (χ1v) is 6.48. The van der Waals surface area contributed by atoms with Crippen LogP contribution in [0.1, 0.15) is 21.5 Å². The lowest BCUT2D eigenvalue weighted by Crippen LogP contribution is -2.50. The summed E-state index contributed by atoms with van der Waals surface area (Å²) in [6.45, 7) is 3.28. The zero-order chi connectivity index (χ0) is 14.5. The number of hydrogen-bond donors (Lipinski definition) is 2. The Morgan fingerprint density at radius 1 is 1.50 bits per heavy atom. The fourth-order valence-electron chi connectivity index (χ4n) is 2.13. The van der Waals surface area contributed by atoms with Crippen molar-refractivity contribution in [2.45, 2.75) is 6.92 Å². The molecule has 3 N–H and O–H groups in total. The summed E-state index contributed by atoms with van der Waals surface area (Å²) in [7, 11) is 0. The first-order chi connectivity index (χ1) is 9.63. The molecule has 2 amide bonds. The van der Waals surface area contributed by atoms with E-state index in [-0.39, 0.29) is 24.9 Å². The molecule has 5 nitrogen and oxygen atoms in total. The zero-order valence-corrected chi connectivity index (χ0v) is 11.4. The summed E-state index contributed by atoms with van der Waals surface area (Å²) in [5, 5.41) is 2.70. The fraction of sp³-hybridized carbons (Fsp3) is 0.333. The molecule has 1 saturated heterocycles. The van der Waals surface area contributed by atoms with Crippen molar-refractivity contribution in [2.75, 3.05) is 26.2 Å². The number of nitrogens with one attached hydrogen (secondary N) is 1. The van der Waals surface area contributed by atoms with Crippen molar-refractivity contribution in [1.29, 1.82) is 0 Å². The number of nitrogens with zero attached hydrogens (tertiary/aromatic N) is 1. The van der Waals surface area contributed by atoms with Crippen molar-refractivity contribution in [2.24, 2.45) is 5.73 Å². The molecule has 1 fully saturated rings. The van der Waals surface area contributed by atoms with Crippen molar-refractivity contribution in [3.05, 3.63) is 34.9 Å². The van der Waals surface area contributed by atoms with Crippen molar-refractivity contribution in [1.82, 2.24) is 10.2 Å². The van der Waals surface area contributed by atoms with Gasteiger partial charge in [-0.15, -0.1) is 0 Å². The summed E-state index contributed by atoms with van der Waals surface area (Å²) >= 11 is 0. The molecule has 0 atom stereocenters. The molecule has 20 heavy (non-hydrogen) atoms. The van der Waals surface area contributed by atoms with Crippen molar-refractivity contribution >= 4 is 11.8 Å². The number of hydrogen-bond acceptors (Lipinski definition) is 3. The predicted molar refractivity (Wildman–Crippen MR) is 76.0 cm³/mol. The van der Waals surface area contributed by atoms with E-state index in [9.17, 15) is 9.59 Å². The van der Waals surface area contributed by atoms with Gasteiger partial charge in [0.1, 0.15) is 0 Å². The monoisotopic (exact) mass is 271 g/mol. The lowest BCUT2D eigenvalue weighted by atomic mass is 10.0. The number of piperazine rings is 1. The van der Waals surface area contributed by atoms with Gasteiger partial charge < -0.3 is 16.0 Å². The van der Waals surface area contributed by atoms with Crippen LogP contribution < -0.4 is 11.1 Å². The van der Waals surface area contributed by atoms with E-state index in [1.165, 1.54) is 0 Å². The maximum Gasteiger partial charge on any atom is 0.254 e. The SMILES string of the molecule is Cc1c(C#CCN)cccc1C(=O)N1CCNC(=O)C1. The molecule has 104 valence electrons. The standard InChI is InChI=1S/C15H17N3O2/c1-11-12(5-3-7-16)4-2-6-13(11)15(20)18-9-8-17-14(19)10-18/h2,4,6H,7-10,16H2,1H3,(H,17,19). The minimum absolute atomic E-state index is 0.108. The Hall–Kier alpha value is -2.32. The molecular formula is C15H17N3O2. The summed E-state index contributed by atoms with van der Waals surface area (Å²) in [6.07, 6.45) is 0. The number of benzene rings is 1. The first-order valence-electron chi connectivity index (χ1n) is 6.48. The molecule has 1 aromatic rings. The molecule has 1 aromatic carbocycles. The number of amides is 2. The minimum atomic E-state index is -0.131. The van der Waals surface area contributed by atoms with E-state index in [0.717, 1.165) is 11.1 Å². The lowest BCUT2D eigenvalue weighted by molar-refractivity contribution is -0.123. The third-order valence-electron chi connectivity index (χ3n) is 3.21. The summed E-state index contributed by atoms with van der Waals surface area (Å²) in [6, 6.07) is 5.42. The number of carbonyl (C=O) groups is 2. The molecule has 0 radical (unpaired) electrons. The molecule has 0 saturated carbocycles. The predicted octanol–water partition coefficient (Wildman–Crippen LogP) is -0.123. The Labute approximate surface area is 118 Å². The Kier molecular flexibility index (Phi) is 4.38. The van der Waals surface area contributed by atoms with E-state index in [2.05, 4.69) is 17.2 Å². The Balaban J connectivity index is 2.28. The number of nitrogens with two attached hydrogens (primary N) is 1. The average Bonchev–Trinajstić information content (AvgIpc) is 2.45. The first kappa shape index (κ1) is 14.1. The van der Waals surface area contributed by atoms with Gasteiger partial charge in [-0.3, -0.25) is 9.59 Å². The second-order valence-electron chi connectivity index (χ2n) is 4.56. The molecule has 0 bridgehead atoms. The highest BCUT2D eigenvalue weighted by molar-refractivity contribution is 5.98. The van der Waals surface area contributed by atoms with Gasteiger partial charge in [0.25, 0.3) is 5.91 Å². The minimum Gasteiger partial charge on any atom is -0.353 e. The van der Waals surface area contributed by atoms with Gasteiger partial charge in [0, 0.05) is 24.2 Å². The molecule has 0 aliphatic carbocycles. The van der Waals surface area contributed by atoms with Crippen LogP contribution in [0.4, 0.5) is 0 Å². The molecule has 1 aliphatic rings. The topological polar surface area (TPSA) is 75.4 Å². The molecule has 2 rings (SSSR count). The van der Waals surface area contributed by atoms with Crippen molar-refractivity contribution < 1.29 is 9.59 Å². The summed E-state index contributed by atoms with van der Waals surface area (Å²) in [5.74, 6) is 5.49. The fourth-order valence-corrected chi connectivity index (χ4v) is 2.13. The van der Waals surface area contributed by atoms with Gasteiger partial charge in [-0.05, 0) is 24.6 Å². The highest BCUT2D eigenvalue weighted by Gasteiger charge is 2.23. The quantitative estimate of drug-likeness (QED) is 0.699. The third-order valence-corrected chi connectivity index (χ3v) is 3.21. The molecule has 0 aromatic heterocycles.